The molecule has 2 amide bonds. The van der Waals surface area contributed by atoms with Crippen LogP contribution in [0.1, 0.15) is 33.8 Å². The predicted octanol–water partition coefficient (Wildman–Crippen LogP) is 2.43. The summed E-state index contributed by atoms with van der Waals surface area (Å²) in [6, 6.07) is 3.83. The average molecular weight is 443 g/mol. The standard InChI is InChI=1S/C21H26N6O3S/c1-16-4-5-17(12-24-16)14-27(19(28)6-11-30-2)21-25-13-18(31-21)20(29)23-7-3-9-26-10-8-22-15-26/h4-5,8,10,12-13,15H,3,6-7,9,11,14H2,1-2H3,(H,23,29). The highest BCUT2D eigenvalue weighted by Crippen LogP contribution is 2.25. The zero-order valence-electron chi connectivity index (χ0n) is 17.7. The number of ether oxygens (including phenoxy) is 1. The van der Waals surface area contributed by atoms with E-state index in [1.54, 1.807) is 30.7 Å². The zero-order valence-corrected chi connectivity index (χ0v) is 18.5. The van der Waals surface area contributed by atoms with Gasteiger partial charge in [0.15, 0.2) is 5.13 Å². The van der Waals surface area contributed by atoms with E-state index >= 15 is 0 Å². The predicted molar refractivity (Wildman–Crippen MR) is 118 cm³/mol. The Morgan fingerprint density at radius 2 is 2.13 bits per heavy atom. The third-order valence-corrected chi connectivity index (χ3v) is 5.54. The number of carbonyl (C=O) groups excluding carboxylic acids is 2. The van der Waals surface area contributed by atoms with Crippen molar-refractivity contribution in [2.24, 2.45) is 0 Å². The maximum Gasteiger partial charge on any atom is 0.263 e. The van der Waals surface area contributed by atoms with Gasteiger partial charge in [0.25, 0.3) is 5.91 Å². The molecule has 0 bridgehead atoms. The van der Waals surface area contributed by atoms with E-state index in [4.69, 9.17) is 4.74 Å². The van der Waals surface area contributed by atoms with Crippen molar-refractivity contribution in [2.45, 2.75) is 32.9 Å². The Hall–Kier alpha value is -3.11. The normalized spacial score (nSPS) is 10.8. The van der Waals surface area contributed by atoms with Crippen LogP contribution in [0, 0.1) is 6.92 Å². The minimum Gasteiger partial charge on any atom is -0.384 e. The summed E-state index contributed by atoms with van der Waals surface area (Å²) in [5.74, 6) is -0.320. The van der Waals surface area contributed by atoms with Gasteiger partial charge >= 0.3 is 0 Å². The fourth-order valence-electron chi connectivity index (χ4n) is 2.83. The lowest BCUT2D eigenvalue weighted by atomic mass is 10.2. The minimum atomic E-state index is -0.198. The summed E-state index contributed by atoms with van der Waals surface area (Å²) in [6.45, 7) is 3.87. The van der Waals surface area contributed by atoms with E-state index in [-0.39, 0.29) is 18.2 Å². The number of anilines is 1. The number of nitrogens with zero attached hydrogens (tertiary/aromatic N) is 5. The molecule has 164 valence electrons. The first-order chi connectivity index (χ1) is 15.1. The molecule has 1 N–H and O–H groups in total. The van der Waals surface area contributed by atoms with Gasteiger partial charge in [0, 0.05) is 44.5 Å². The summed E-state index contributed by atoms with van der Waals surface area (Å²) in [6.07, 6.45) is 9.62. The molecule has 3 aromatic rings. The Bertz CT molecular complexity index is 971. The number of thiazole rings is 1. The average Bonchev–Trinajstić information content (AvgIpc) is 3.47. The third-order valence-electron chi connectivity index (χ3n) is 4.52. The molecule has 0 atom stereocenters. The Morgan fingerprint density at radius 3 is 2.84 bits per heavy atom. The van der Waals surface area contributed by atoms with Crippen LogP contribution in [0.25, 0.3) is 0 Å². The van der Waals surface area contributed by atoms with E-state index in [1.165, 1.54) is 17.5 Å². The second-order valence-electron chi connectivity index (χ2n) is 6.95. The van der Waals surface area contributed by atoms with Crippen LogP contribution in [0.5, 0.6) is 0 Å². The van der Waals surface area contributed by atoms with Crippen LogP contribution in [0.4, 0.5) is 5.13 Å². The maximum absolute atomic E-state index is 12.8. The number of amides is 2. The van der Waals surface area contributed by atoms with E-state index in [0.29, 0.717) is 29.7 Å². The zero-order chi connectivity index (χ0) is 22.1. The van der Waals surface area contributed by atoms with Gasteiger partial charge in [0.2, 0.25) is 5.91 Å². The topological polar surface area (TPSA) is 102 Å². The number of aryl methyl sites for hydroxylation is 2. The van der Waals surface area contributed by atoms with Crippen molar-refractivity contribution < 1.29 is 14.3 Å². The fraction of sp³-hybridized carbons (Fsp3) is 0.381. The second-order valence-corrected chi connectivity index (χ2v) is 7.96. The van der Waals surface area contributed by atoms with Crippen LogP contribution >= 0.6 is 11.3 Å². The van der Waals surface area contributed by atoms with Gasteiger partial charge in [-0.05, 0) is 25.0 Å². The molecule has 0 spiro atoms. The molecule has 3 heterocycles. The summed E-state index contributed by atoms with van der Waals surface area (Å²) < 4.78 is 7.00. The van der Waals surface area contributed by atoms with Crippen molar-refractivity contribution in [1.82, 2.24) is 24.8 Å². The van der Waals surface area contributed by atoms with Crippen molar-refractivity contribution in [2.75, 3.05) is 25.2 Å². The number of hydrogen-bond donors (Lipinski definition) is 1. The van der Waals surface area contributed by atoms with Gasteiger partial charge in [0.1, 0.15) is 4.88 Å². The molecule has 0 saturated carbocycles. The number of pyridine rings is 1. The molecule has 0 aromatic carbocycles. The Kier molecular flexibility index (Phi) is 8.25. The highest BCUT2D eigenvalue weighted by molar-refractivity contribution is 7.17. The first-order valence-electron chi connectivity index (χ1n) is 9.97. The van der Waals surface area contributed by atoms with Crippen molar-refractivity contribution in [1.29, 1.82) is 0 Å². The van der Waals surface area contributed by atoms with Crippen molar-refractivity contribution >= 4 is 28.3 Å². The van der Waals surface area contributed by atoms with E-state index in [9.17, 15) is 9.59 Å². The largest absolute Gasteiger partial charge is 0.384 e. The molecular formula is C21H26N6O3S. The fourth-order valence-corrected chi connectivity index (χ4v) is 3.67. The van der Waals surface area contributed by atoms with Gasteiger partial charge in [-0.15, -0.1) is 0 Å². The van der Waals surface area contributed by atoms with Crippen LogP contribution in [0.3, 0.4) is 0 Å². The van der Waals surface area contributed by atoms with Crippen LogP contribution in [-0.4, -0.2) is 51.6 Å². The van der Waals surface area contributed by atoms with E-state index in [2.05, 4.69) is 20.3 Å². The molecule has 9 nitrogen and oxygen atoms in total. The summed E-state index contributed by atoms with van der Waals surface area (Å²) in [4.78, 5) is 39.9. The number of methoxy groups -OCH3 is 1. The van der Waals surface area contributed by atoms with Crippen LogP contribution in [-0.2, 0) is 22.6 Å². The van der Waals surface area contributed by atoms with Gasteiger partial charge in [-0.1, -0.05) is 17.4 Å². The molecule has 0 aliphatic heterocycles. The molecule has 0 aliphatic rings. The first-order valence-corrected chi connectivity index (χ1v) is 10.8. The quantitative estimate of drug-likeness (QED) is 0.458. The smallest absolute Gasteiger partial charge is 0.263 e. The van der Waals surface area contributed by atoms with E-state index in [0.717, 1.165) is 24.2 Å². The lowest BCUT2D eigenvalue weighted by Gasteiger charge is -2.20. The SMILES string of the molecule is COCCC(=O)N(Cc1ccc(C)nc1)c1ncc(C(=O)NCCCn2ccnc2)s1. The summed E-state index contributed by atoms with van der Waals surface area (Å²) in [5, 5.41) is 3.37. The molecule has 0 radical (unpaired) electrons. The highest BCUT2D eigenvalue weighted by atomic mass is 32.1. The van der Waals surface area contributed by atoms with Gasteiger partial charge in [0.05, 0.1) is 32.1 Å². The van der Waals surface area contributed by atoms with Gasteiger partial charge in [-0.25, -0.2) is 9.97 Å². The minimum absolute atomic E-state index is 0.121. The molecule has 0 unspecified atom stereocenters. The van der Waals surface area contributed by atoms with Gasteiger partial charge in [-0.2, -0.15) is 0 Å². The van der Waals surface area contributed by atoms with Crippen molar-refractivity contribution in [3.63, 3.8) is 0 Å². The Morgan fingerprint density at radius 1 is 1.26 bits per heavy atom. The molecule has 10 heteroatoms. The molecule has 0 saturated heterocycles. The van der Waals surface area contributed by atoms with Crippen LogP contribution in [0.15, 0.2) is 43.2 Å². The van der Waals surface area contributed by atoms with Crippen LogP contribution < -0.4 is 10.2 Å². The number of hydrogen-bond acceptors (Lipinski definition) is 7. The second kappa shape index (κ2) is 11.3. The van der Waals surface area contributed by atoms with Crippen LogP contribution in [0.2, 0.25) is 0 Å². The molecule has 31 heavy (non-hydrogen) atoms. The highest BCUT2D eigenvalue weighted by Gasteiger charge is 2.21. The molecule has 3 aromatic heterocycles. The molecule has 3 rings (SSSR count). The van der Waals surface area contributed by atoms with Crippen molar-refractivity contribution in [3.8, 4) is 0 Å². The molecule has 0 aliphatic carbocycles. The lowest BCUT2D eigenvalue weighted by molar-refractivity contribution is -0.119. The lowest BCUT2D eigenvalue weighted by Crippen LogP contribution is -2.31. The Labute approximate surface area is 185 Å². The molecule has 0 fully saturated rings. The number of imidazole rings is 1. The first kappa shape index (κ1) is 22.6. The maximum atomic E-state index is 12.8. The summed E-state index contributed by atoms with van der Waals surface area (Å²) >= 11 is 1.19. The Balaban J connectivity index is 1.63. The number of rotatable bonds is 11. The van der Waals surface area contributed by atoms with E-state index < -0.39 is 0 Å². The third kappa shape index (κ3) is 6.69. The van der Waals surface area contributed by atoms with E-state index in [1.807, 2.05) is 29.8 Å². The molecular weight excluding hydrogens is 416 g/mol. The summed E-state index contributed by atoms with van der Waals surface area (Å²) in [7, 11) is 1.56. The monoisotopic (exact) mass is 442 g/mol. The number of aromatic nitrogens is 4. The van der Waals surface area contributed by atoms with Gasteiger partial charge < -0.3 is 14.6 Å². The van der Waals surface area contributed by atoms with Gasteiger partial charge in [-0.3, -0.25) is 19.5 Å². The summed E-state index contributed by atoms with van der Waals surface area (Å²) in [5.41, 5.74) is 1.79. The van der Waals surface area contributed by atoms with Crippen molar-refractivity contribution in [3.05, 3.63) is 59.4 Å². The number of carbonyl (C=O) groups is 2. The number of nitrogens with one attached hydrogen (secondary N) is 1.